The van der Waals surface area contributed by atoms with Gasteiger partial charge in [0.25, 0.3) is 5.91 Å². The van der Waals surface area contributed by atoms with Crippen molar-refractivity contribution < 1.29 is 9.18 Å². The van der Waals surface area contributed by atoms with Crippen LogP contribution in [-0.4, -0.2) is 23.2 Å². The molecule has 1 amide bonds. The summed E-state index contributed by atoms with van der Waals surface area (Å²) in [5.41, 5.74) is 0.586. The maximum absolute atomic E-state index is 13.1. The Morgan fingerprint density at radius 1 is 1.28 bits per heavy atom. The molecule has 0 fully saturated rings. The van der Waals surface area contributed by atoms with E-state index in [4.69, 9.17) is 11.6 Å². The summed E-state index contributed by atoms with van der Waals surface area (Å²) in [5, 5.41) is 7.48. The van der Waals surface area contributed by atoms with Crippen LogP contribution in [0.4, 0.5) is 10.1 Å². The first-order chi connectivity index (χ1) is 8.58. The Morgan fingerprint density at radius 3 is 2.67 bits per heavy atom. The van der Waals surface area contributed by atoms with Crippen molar-refractivity contribution in [1.82, 2.24) is 10.2 Å². The number of hydrogen-bond donors (Lipinski definition) is 0. The van der Waals surface area contributed by atoms with E-state index in [9.17, 15) is 9.18 Å². The Labute approximate surface area is 108 Å². The first-order valence-corrected chi connectivity index (χ1v) is 5.48. The first-order valence-electron chi connectivity index (χ1n) is 5.11. The van der Waals surface area contributed by atoms with Gasteiger partial charge >= 0.3 is 0 Å². The Morgan fingerprint density at radius 2 is 2.06 bits per heavy atom. The molecule has 0 N–H and O–H groups in total. The summed E-state index contributed by atoms with van der Waals surface area (Å²) < 4.78 is 13.1. The molecule has 0 saturated carbocycles. The topological polar surface area (TPSA) is 46.1 Å². The zero-order chi connectivity index (χ0) is 13.1. The lowest BCUT2D eigenvalue weighted by atomic mass is 10.2. The molecule has 0 aliphatic carbocycles. The maximum Gasteiger partial charge on any atom is 0.278 e. The summed E-state index contributed by atoms with van der Waals surface area (Å²) in [5.74, 6) is -0.792. The number of halogens is 2. The summed E-state index contributed by atoms with van der Waals surface area (Å²) in [6, 6.07) is 8.67. The largest absolute Gasteiger partial charge is 0.310 e. The van der Waals surface area contributed by atoms with Crippen LogP contribution in [0.1, 0.15) is 10.5 Å². The van der Waals surface area contributed by atoms with Gasteiger partial charge in [0, 0.05) is 12.7 Å². The van der Waals surface area contributed by atoms with Crippen LogP contribution >= 0.6 is 11.6 Å². The minimum atomic E-state index is -0.408. The van der Waals surface area contributed by atoms with Crippen LogP contribution in [0.15, 0.2) is 36.4 Å². The standard InChI is InChI=1S/C12H9ClFN3O/c1-17(9-4-2-3-8(14)7-9)12(18)10-5-6-11(13)16-15-10/h2-7H,1H3. The van der Waals surface area contributed by atoms with Crippen LogP contribution in [-0.2, 0) is 0 Å². The molecule has 6 heteroatoms. The van der Waals surface area contributed by atoms with E-state index in [2.05, 4.69) is 10.2 Å². The summed E-state index contributed by atoms with van der Waals surface area (Å²) >= 11 is 5.59. The van der Waals surface area contributed by atoms with E-state index in [1.54, 1.807) is 6.07 Å². The van der Waals surface area contributed by atoms with Crippen molar-refractivity contribution in [2.45, 2.75) is 0 Å². The number of aromatic nitrogens is 2. The fourth-order valence-electron chi connectivity index (χ4n) is 1.40. The van der Waals surface area contributed by atoms with Gasteiger partial charge in [0.1, 0.15) is 5.82 Å². The first kappa shape index (κ1) is 12.4. The minimum absolute atomic E-state index is 0.145. The minimum Gasteiger partial charge on any atom is -0.310 e. The molecule has 0 radical (unpaired) electrons. The predicted octanol–water partition coefficient (Wildman–Crippen LogP) is 2.55. The summed E-state index contributed by atoms with van der Waals surface area (Å²) in [6.45, 7) is 0. The third-order valence-electron chi connectivity index (χ3n) is 2.35. The Balaban J connectivity index is 2.26. The average molecular weight is 266 g/mol. The monoisotopic (exact) mass is 265 g/mol. The quantitative estimate of drug-likeness (QED) is 0.838. The van der Waals surface area contributed by atoms with Gasteiger partial charge in [-0.05, 0) is 30.3 Å². The lowest BCUT2D eigenvalue weighted by Crippen LogP contribution is -2.27. The van der Waals surface area contributed by atoms with Crippen molar-refractivity contribution in [2.75, 3.05) is 11.9 Å². The van der Waals surface area contributed by atoms with Gasteiger partial charge in [-0.1, -0.05) is 17.7 Å². The molecule has 0 atom stereocenters. The van der Waals surface area contributed by atoms with Crippen molar-refractivity contribution in [3.05, 3.63) is 53.1 Å². The number of nitrogens with zero attached hydrogens (tertiary/aromatic N) is 3. The second kappa shape index (κ2) is 5.10. The number of carbonyl (C=O) groups is 1. The fourth-order valence-corrected chi connectivity index (χ4v) is 1.50. The number of amides is 1. The zero-order valence-electron chi connectivity index (χ0n) is 9.47. The number of benzene rings is 1. The third kappa shape index (κ3) is 2.62. The van der Waals surface area contributed by atoms with E-state index in [0.29, 0.717) is 5.69 Å². The Hall–Kier alpha value is -2.01. The number of rotatable bonds is 2. The van der Waals surface area contributed by atoms with E-state index in [1.807, 2.05) is 0 Å². The molecule has 1 aromatic heterocycles. The van der Waals surface area contributed by atoms with E-state index in [-0.39, 0.29) is 16.8 Å². The Bertz CT molecular complexity index is 574. The van der Waals surface area contributed by atoms with Gasteiger partial charge in [0.05, 0.1) is 0 Å². The molecule has 92 valence electrons. The van der Waals surface area contributed by atoms with Crippen LogP contribution < -0.4 is 4.90 Å². The SMILES string of the molecule is CN(C(=O)c1ccc(Cl)nn1)c1cccc(F)c1. The normalized spacial score (nSPS) is 10.2. The maximum atomic E-state index is 13.1. The fraction of sp³-hybridized carbons (Fsp3) is 0.0833. The highest BCUT2D eigenvalue weighted by molar-refractivity contribution is 6.29. The number of carbonyl (C=O) groups excluding carboxylic acids is 1. The highest BCUT2D eigenvalue weighted by atomic mass is 35.5. The molecule has 18 heavy (non-hydrogen) atoms. The van der Waals surface area contributed by atoms with Crippen LogP contribution in [0.25, 0.3) is 0 Å². The summed E-state index contributed by atoms with van der Waals surface area (Å²) in [6.07, 6.45) is 0. The van der Waals surface area contributed by atoms with Crippen LogP contribution in [0.3, 0.4) is 0 Å². The molecule has 2 aromatic rings. The molecule has 0 aliphatic heterocycles. The zero-order valence-corrected chi connectivity index (χ0v) is 10.2. The highest BCUT2D eigenvalue weighted by Gasteiger charge is 2.15. The molecular weight excluding hydrogens is 257 g/mol. The van der Waals surface area contributed by atoms with Gasteiger partial charge in [0.15, 0.2) is 10.8 Å². The van der Waals surface area contributed by atoms with Gasteiger partial charge in [-0.15, -0.1) is 10.2 Å². The molecule has 0 aliphatic rings. The average Bonchev–Trinajstić information content (AvgIpc) is 2.38. The van der Waals surface area contributed by atoms with Gasteiger partial charge < -0.3 is 4.90 Å². The van der Waals surface area contributed by atoms with Gasteiger partial charge in [-0.25, -0.2) is 4.39 Å². The van der Waals surface area contributed by atoms with Gasteiger partial charge in [0.2, 0.25) is 0 Å². The van der Waals surface area contributed by atoms with Gasteiger partial charge in [-0.3, -0.25) is 4.79 Å². The second-order valence-electron chi connectivity index (χ2n) is 3.59. The molecule has 0 bridgehead atoms. The van der Waals surface area contributed by atoms with Crippen LogP contribution in [0.5, 0.6) is 0 Å². The van der Waals surface area contributed by atoms with Crippen LogP contribution in [0, 0.1) is 5.82 Å². The van der Waals surface area contributed by atoms with Crippen molar-refractivity contribution in [3.8, 4) is 0 Å². The third-order valence-corrected chi connectivity index (χ3v) is 2.55. The number of anilines is 1. The predicted molar refractivity (Wildman–Crippen MR) is 66.2 cm³/mol. The molecule has 0 unspecified atom stereocenters. The van der Waals surface area contributed by atoms with E-state index < -0.39 is 5.82 Å². The van der Waals surface area contributed by atoms with E-state index in [0.717, 1.165) is 0 Å². The van der Waals surface area contributed by atoms with Crippen molar-refractivity contribution >= 4 is 23.2 Å². The molecule has 1 aromatic carbocycles. The summed E-state index contributed by atoms with van der Waals surface area (Å²) in [4.78, 5) is 13.3. The van der Waals surface area contributed by atoms with Crippen LogP contribution in [0.2, 0.25) is 5.15 Å². The van der Waals surface area contributed by atoms with Crippen molar-refractivity contribution in [3.63, 3.8) is 0 Å². The lowest BCUT2D eigenvalue weighted by molar-refractivity contribution is 0.0987. The van der Waals surface area contributed by atoms with Crippen molar-refractivity contribution in [1.29, 1.82) is 0 Å². The molecule has 0 saturated heterocycles. The molecular formula is C12H9ClFN3O. The number of hydrogen-bond acceptors (Lipinski definition) is 3. The smallest absolute Gasteiger partial charge is 0.278 e. The lowest BCUT2D eigenvalue weighted by Gasteiger charge is -2.16. The Kier molecular flexibility index (Phi) is 3.53. The highest BCUT2D eigenvalue weighted by Crippen LogP contribution is 2.16. The second-order valence-corrected chi connectivity index (χ2v) is 3.97. The van der Waals surface area contributed by atoms with Crippen molar-refractivity contribution in [2.24, 2.45) is 0 Å². The van der Waals surface area contributed by atoms with Gasteiger partial charge in [-0.2, -0.15) is 0 Å². The van der Waals surface area contributed by atoms with E-state index in [1.165, 1.54) is 42.3 Å². The molecule has 4 nitrogen and oxygen atoms in total. The molecule has 0 spiro atoms. The molecule has 1 heterocycles. The van der Waals surface area contributed by atoms with E-state index >= 15 is 0 Å². The molecule has 2 rings (SSSR count). The summed E-state index contributed by atoms with van der Waals surface area (Å²) in [7, 11) is 1.54.